The molecule has 1 aromatic rings. The molecule has 0 bridgehead atoms. The molecule has 19 heavy (non-hydrogen) atoms. The summed E-state index contributed by atoms with van der Waals surface area (Å²) >= 11 is 0. The van der Waals surface area contributed by atoms with Gasteiger partial charge in [0.25, 0.3) is 11.6 Å². The molecule has 1 atom stereocenters. The second kappa shape index (κ2) is 7.48. The van der Waals surface area contributed by atoms with Gasteiger partial charge in [-0.05, 0) is 19.4 Å². The molecular formula is C13H20N3O3+. The molecule has 6 heteroatoms. The highest BCUT2D eigenvalue weighted by Gasteiger charge is 2.16. The quantitative estimate of drug-likeness (QED) is 0.442. The molecule has 3 N–H and O–H groups in total. The van der Waals surface area contributed by atoms with E-state index in [-0.39, 0.29) is 17.6 Å². The fourth-order valence-corrected chi connectivity index (χ4v) is 1.63. The van der Waals surface area contributed by atoms with E-state index in [1.54, 1.807) is 12.1 Å². The molecule has 0 radical (unpaired) electrons. The molecule has 1 rings (SSSR count). The third-order valence-electron chi connectivity index (χ3n) is 2.82. The maximum atomic E-state index is 11.9. The van der Waals surface area contributed by atoms with E-state index in [4.69, 9.17) is 0 Å². The van der Waals surface area contributed by atoms with Crippen molar-refractivity contribution in [1.29, 1.82) is 0 Å². The highest BCUT2D eigenvalue weighted by atomic mass is 16.6. The first-order chi connectivity index (χ1) is 9.04. The highest BCUT2D eigenvalue weighted by molar-refractivity contribution is 5.93. The van der Waals surface area contributed by atoms with Crippen molar-refractivity contribution in [3.8, 4) is 0 Å². The van der Waals surface area contributed by atoms with Gasteiger partial charge in [0, 0.05) is 17.8 Å². The monoisotopic (exact) mass is 266 g/mol. The number of nitrogens with zero attached hydrogens (tertiary/aromatic N) is 1. The van der Waals surface area contributed by atoms with Crippen LogP contribution in [-0.4, -0.2) is 23.4 Å². The topological polar surface area (TPSA) is 88.8 Å². The number of amides is 1. The fourth-order valence-electron chi connectivity index (χ4n) is 1.63. The van der Waals surface area contributed by atoms with Gasteiger partial charge in [-0.25, -0.2) is 0 Å². The van der Waals surface area contributed by atoms with Crippen LogP contribution in [-0.2, 0) is 4.79 Å². The summed E-state index contributed by atoms with van der Waals surface area (Å²) in [7, 11) is 0. The van der Waals surface area contributed by atoms with Gasteiger partial charge >= 0.3 is 0 Å². The lowest BCUT2D eigenvalue weighted by atomic mass is 10.2. The zero-order valence-corrected chi connectivity index (χ0v) is 11.3. The van der Waals surface area contributed by atoms with Gasteiger partial charge < -0.3 is 10.6 Å². The lowest BCUT2D eigenvalue weighted by Gasteiger charge is -2.10. The standard InChI is InChI=1S/C13H19N3O3/c1-3-4-8-14-10(2)13(17)15-11-6-5-7-12(9-11)16(18)19/h5-7,9-10,14H,3-4,8H2,1-2H3,(H,15,17)/p+1/t10-/m0/s1. The molecule has 0 aliphatic rings. The largest absolute Gasteiger partial charge is 0.336 e. The van der Waals surface area contributed by atoms with Gasteiger partial charge in [-0.2, -0.15) is 0 Å². The second-order valence-electron chi connectivity index (χ2n) is 4.46. The minimum absolute atomic E-state index is 0.0274. The molecule has 1 aromatic carbocycles. The average Bonchev–Trinajstić information content (AvgIpc) is 2.39. The Morgan fingerprint density at radius 1 is 1.53 bits per heavy atom. The lowest BCUT2D eigenvalue weighted by molar-refractivity contribution is -0.673. The zero-order valence-electron chi connectivity index (χ0n) is 11.3. The molecule has 0 fully saturated rings. The minimum atomic E-state index is -0.480. The van der Waals surface area contributed by atoms with Crippen LogP contribution in [0.5, 0.6) is 0 Å². The number of quaternary nitrogens is 1. The Bertz CT molecular complexity index is 449. The molecule has 0 aliphatic carbocycles. The van der Waals surface area contributed by atoms with E-state index < -0.39 is 4.92 Å². The smallest absolute Gasteiger partial charge is 0.282 e. The molecule has 0 saturated carbocycles. The predicted molar refractivity (Wildman–Crippen MR) is 72.9 cm³/mol. The first kappa shape index (κ1) is 15.1. The van der Waals surface area contributed by atoms with Gasteiger partial charge in [0.1, 0.15) is 0 Å². The van der Waals surface area contributed by atoms with Crippen LogP contribution >= 0.6 is 0 Å². The first-order valence-electron chi connectivity index (χ1n) is 6.43. The van der Waals surface area contributed by atoms with Crippen molar-refractivity contribution < 1.29 is 15.0 Å². The summed E-state index contributed by atoms with van der Waals surface area (Å²) in [4.78, 5) is 22.0. The number of nitrogens with two attached hydrogens (primary N) is 1. The van der Waals surface area contributed by atoms with Crippen LogP contribution in [0.1, 0.15) is 26.7 Å². The number of hydrogen-bond donors (Lipinski definition) is 2. The maximum absolute atomic E-state index is 11.9. The Labute approximate surface area is 112 Å². The summed E-state index contributed by atoms with van der Waals surface area (Å²) in [5, 5.41) is 15.3. The van der Waals surface area contributed by atoms with Gasteiger partial charge in [-0.15, -0.1) is 0 Å². The number of nitro groups is 1. The number of anilines is 1. The van der Waals surface area contributed by atoms with Crippen LogP contribution in [0.25, 0.3) is 0 Å². The molecule has 104 valence electrons. The number of hydrogen-bond acceptors (Lipinski definition) is 3. The SMILES string of the molecule is CCCC[NH2+][C@@H](C)C(=O)Nc1cccc([N+](=O)[O-])c1. The third kappa shape index (κ3) is 5.05. The molecule has 0 spiro atoms. The van der Waals surface area contributed by atoms with Crippen molar-refractivity contribution in [2.24, 2.45) is 0 Å². The van der Waals surface area contributed by atoms with E-state index in [2.05, 4.69) is 12.2 Å². The predicted octanol–water partition coefficient (Wildman–Crippen LogP) is 1.29. The Kier molecular flexibility index (Phi) is 5.95. The van der Waals surface area contributed by atoms with E-state index in [9.17, 15) is 14.9 Å². The number of nitrogens with one attached hydrogen (secondary N) is 1. The summed E-state index contributed by atoms with van der Waals surface area (Å²) in [6.45, 7) is 4.82. The van der Waals surface area contributed by atoms with Gasteiger partial charge in [0.2, 0.25) is 0 Å². The average molecular weight is 266 g/mol. The summed E-state index contributed by atoms with van der Waals surface area (Å²) in [5.41, 5.74) is 0.426. The molecule has 0 aromatic heterocycles. The van der Waals surface area contributed by atoms with Gasteiger partial charge in [0.15, 0.2) is 6.04 Å². The Morgan fingerprint density at radius 2 is 2.26 bits per heavy atom. The Balaban J connectivity index is 2.56. The van der Waals surface area contributed by atoms with Gasteiger partial charge in [0.05, 0.1) is 11.5 Å². The molecule has 6 nitrogen and oxygen atoms in total. The number of nitro benzene ring substituents is 1. The van der Waals surface area contributed by atoms with E-state index in [0.29, 0.717) is 5.69 Å². The normalized spacial score (nSPS) is 11.9. The van der Waals surface area contributed by atoms with Crippen molar-refractivity contribution in [3.05, 3.63) is 34.4 Å². The van der Waals surface area contributed by atoms with Crippen LogP contribution in [0, 0.1) is 10.1 Å². The van der Waals surface area contributed by atoms with Gasteiger partial charge in [-0.3, -0.25) is 14.9 Å². The summed E-state index contributed by atoms with van der Waals surface area (Å²) in [6.07, 6.45) is 2.16. The lowest BCUT2D eigenvalue weighted by Crippen LogP contribution is -2.91. The fraction of sp³-hybridized carbons (Fsp3) is 0.462. The molecule has 1 amide bonds. The minimum Gasteiger partial charge on any atom is -0.336 e. The second-order valence-corrected chi connectivity index (χ2v) is 4.46. The molecule has 0 heterocycles. The van der Waals surface area contributed by atoms with E-state index >= 15 is 0 Å². The number of rotatable bonds is 7. The summed E-state index contributed by atoms with van der Waals surface area (Å²) in [6, 6.07) is 5.75. The number of carbonyl (C=O) groups excluding carboxylic acids is 1. The third-order valence-corrected chi connectivity index (χ3v) is 2.82. The van der Waals surface area contributed by atoms with Crippen LogP contribution in [0.3, 0.4) is 0 Å². The molecule has 0 saturated heterocycles. The summed E-state index contributed by atoms with van der Waals surface area (Å²) in [5.74, 6) is -0.142. The van der Waals surface area contributed by atoms with Crippen LogP contribution in [0.15, 0.2) is 24.3 Å². The number of benzene rings is 1. The van der Waals surface area contributed by atoms with Crippen LogP contribution in [0.4, 0.5) is 11.4 Å². The highest BCUT2D eigenvalue weighted by Crippen LogP contribution is 2.16. The Hall–Kier alpha value is -1.95. The summed E-state index contributed by atoms with van der Waals surface area (Å²) < 4.78 is 0. The first-order valence-corrected chi connectivity index (χ1v) is 6.43. The van der Waals surface area contributed by atoms with Crippen molar-refractivity contribution in [1.82, 2.24) is 0 Å². The molecule has 0 aliphatic heterocycles. The number of non-ortho nitro benzene ring substituents is 1. The van der Waals surface area contributed by atoms with E-state index in [1.165, 1.54) is 12.1 Å². The van der Waals surface area contributed by atoms with E-state index in [1.807, 2.05) is 12.2 Å². The Morgan fingerprint density at radius 3 is 2.89 bits per heavy atom. The maximum Gasteiger partial charge on any atom is 0.282 e. The van der Waals surface area contributed by atoms with Crippen LogP contribution in [0.2, 0.25) is 0 Å². The van der Waals surface area contributed by atoms with Crippen molar-refractivity contribution in [2.75, 3.05) is 11.9 Å². The van der Waals surface area contributed by atoms with Crippen molar-refractivity contribution >= 4 is 17.3 Å². The van der Waals surface area contributed by atoms with Gasteiger partial charge in [-0.1, -0.05) is 19.4 Å². The zero-order chi connectivity index (χ0) is 14.3. The van der Waals surface area contributed by atoms with Crippen LogP contribution < -0.4 is 10.6 Å². The number of unbranched alkanes of at least 4 members (excludes halogenated alkanes) is 1. The van der Waals surface area contributed by atoms with Crippen molar-refractivity contribution in [2.45, 2.75) is 32.7 Å². The van der Waals surface area contributed by atoms with E-state index in [0.717, 1.165) is 19.4 Å². The number of carbonyl (C=O) groups is 1. The molecule has 0 unspecified atom stereocenters. The molecular weight excluding hydrogens is 246 g/mol. The van der Waals surface area contributed by atoms with Crippen molar-refractivity contribution in [3.63, 3.8) is 0 Å².